The SMILES string of the molecule is [2H]C1(c2ccc(-c3c(F)ccc4c3oc3c(-c5cc(F)cc[n+]5C)c(C)ccc34)cc2)CCC(C2CCCCC2)CC1. The van der Waals surface area contributed by atoms with Gasteiger partial charge in [-0.1, -0.05) is 68.5 Å². The summed E-state index contributed by atoms with van der Waals surface area (Å²) in [6, 6.07) is 18.1. The predicted molar refractivity (Wildman–Crippen MR) is 162 cm³/mol. The molecule has 0 N–H and O–H groups in total. The van der Waals surface area contributed by atoms with Crippen molar-refractivity contribution in [3.05, 3.63) is 89.6 Å². The first-order chi connectivity index (χ1) is 20.3. The number of hydrogen-bond donors (Lipinski definition) is 0. The summed E-state index contributed by atoms with van der Waals surface area (Å²) in [6.07, 6.45) is 12.6. The highest BCUT2D eigenvalue weighted by Crippen LogP contribution is 2.44. The van der Waals surface area contributed by atoms with E-state index in [-0.39, 0.29) is 11.6 Å². The van der Waals surface area contributed by atoms with Gasteiger partial charge in [-0.05, 0) is 79.2 Å². The van der Waals surface area contributed by atoms with Gasteiger partial charge < -0.3 is 4.42 Å². The molecule has 0 saturated heterocycles. The molecule has 0 unspecified atom stereocenters. The Morgan fingerprint density at radius 1 is 0.756 bits per heavy atom. The first-order valence-electron chi connectivity index (χ1n) is 15.7. The average Bonchev–Trinajstić information content (AvgIpc) is 3.38. The van der Waals surface area contributed by atoms with Crippen molar-refractivity contribution in [1.82, 2.24) is 0 Å². The molecule has 210 valence electrons. The molecule has 2 nitrogen and oxygen atoms in total. The molecule has 0 aliphatic heterocycles. The van der Waals surface area contributed by atoms with Crippen molar-refractivity contribution < 1.29 is 19.1 Å². The molecular weight excluding hydrogens is 512 g/mol. The van der Waals surface area contributed by atoms with Gasteiger partial charge in [-0.25, -0.2) is 13.3 Å². The van der Waals surface area contributed by atoms with Gasteiger partial charge in [0, 0.05) is 24.3 Å². The van der Waals surface area contributed by atoms with Crippen molar-refractivity contribution >= 4 is 21.9 Å². The first kappa shape index (κ1) is 25.2. The number of hydrogen-bond acceptors (Lipinski definition) is 1. The maximum Gasteiger partial charge on any atom is 0.219 e. The smallest absolute Gasteiger partial charge is 0.219 e. The maximum atomic E-state index is 15.6. The lowest BCUT2D eigenvalue weighted by Crippen LogP contribution is -2.30. The van der Waals surface area contributed by atoms with Gasteiger partial charge in [0.25, 0.3) is 0 Å². The van der Waals surface area contributed by atoms with E-state index in [2.05, 4.69) is 0 Å². The Balaban J connectivity index is 1.25. The highest BCUT2D eigenvalue weighted by atomic mass is 19.1. The summed E-state index contributed by atoms with van der Waals surface area (Å²) >= 11 is 0. The van der Waals surface area contributed by atoms with Gasteiger partial charge in [0.05, 0.1) is 11.1 Å². The van der Waals surface area contributed by atoms with E-state index in [4.69, 9.17) is 4.42 Å². The van der Waals surface area contributed by atoms with E-state index < -0.39 is 5.89 Å². The van der Waals surface area contributed by atoms with E-state index in [1.807, 2.05) is 54.9 Å². The van der Waals surface area contributed by atoms with Gasteiger partial charge in [-0.3, -0.25) is 0 Å². The Bertz CT molecular complexity index is 1780. The van der Waals surface area contributed by atoms with Crippen LogP contribution in [0, 0.1) is 30.4 Å². The normalized spacial score (nSPS) is 22.3. The van der Waals surface area contributed by atoms with Crippen molar-refractivity contribution in [3.63, 3.8) is 0 Å². The standard InChI is InChI=1S/C37H38F2NO/c1-23-8-17-30-31-18-19-32(39)35(37(31)41-36(30)34(23)33-22-29(38)20-21-40(33)2)28-15-13-27(14-16-28)26-11-9-25(10-12-26)24-6-4-3-5-7-24/h8,13-22,24-26H,3-7,9-12H2,1-2H3/q+1/i26D. The molecule has 2 fully saturated rings. The minimum atomic E-state index is -0.583. The van der Waals surface area contributed by atoms with Gasteiger partial charge in [0.1, 0.15) is 29.8 Å². The van der Waals surface area contributed by atoms with Crippen LogP contribution in [0.2, 0.25) is 0 Å². The lowest BCUT2D eigenvalue weighted by Gasteiger charge is -2.36. The van der Waals surface area contributed by atoms with E-state index in [1.165, 1.54) is 50.3 Å². The van der Waals surface area contributed by atoms with Gasteiger partial charge in [-0.2, -0.15) is 0 Å². The summed E-state index contributed by atoms with van der Waals surface area (Å²) < 4.78 is 47.6. The Labute approximate surface area is 242 Å². The third-order valence-corrected chi connectivity index (χ3v) is 9.87. The summed E-state index contributed by atoms with van der Waals surface area (Å²) in [6.45, 7) is 1.98. The lowest BCUT2D eigenvalue weighted by molar-refractivity contribution is -0.660. The second kappa shape index (κ2) is 10.7. The molecule has 41 heavy (non-hydrogen) atoms. The fourth-order valence-electron chi connectivity index (χ4n) is 7.58. The zero-order chi connectivity index (χ0) is 29.0. The average molecular weight is 552 g/mol. The third kappa shape index (κ3) is 4.75. The Morgan fingerprint density at radius 2 is 1.41 bits per heavy atom. The predicted octanol–water partition coefficient (Wildman–Crippen LogP) is 10.2. The van der Waals surface area contributed by atoms with Crippen LogP contribution >= 0.6 is 0 Å². The summed E-state index contributed by atoms with van der Waals surface area (Å²) in [5.41, 5.74) is 5.72. The van der Waals surface area contributed by atoms with E-state index in [0.29, 0.717) is 22.4 Å². The van der Waals surface area contributed by atoms with Gasteiger partial charge in [-0.15, -0.1) is 0 Å². The topological polar surface area (TPSA) is 17.0 Å². The summed E-state index contributed by atoms with van der Waals surface area (Å²) in [5, 5.41) is 1.69. The van der Waals surface area contributed by atoms with Crippen LogP contribution in [0.4, 0.5) is 8.78 Å². The van der Waals surface area contributed by atoms with Crippen LogP contribution in [0.1, 0.15) is 76.2 Å². The fourth-order valence-corrected chi connectivity index (χ4v) is 7.58. The minimum Gasteiger partial charge on any atom is -0.454 e. The van der Waals surface area contributed by atoms with Gasteiger partial charge >= 0.3 is 0 Å². The Hall–Kier alpha value is -3.53. The first-order valence-corrected chi connectivity index (χ1v) is 15.2. The maximum absolute atomic E-state index is 15.6. The van der Waals surface area contributed by atoms with Crippen LogP contribution in [0.3, 0.4) is 0 Å². The third-order valence-electron chi connectivity index (χ3n) is 9.87. The molecule has 2 saturated carbocycles. The number of aryl methyl sites for hydroxylation is 2. The molecule has 0 atom stereocenters. The zero-order valence-electron chi connectivity index (χ0n) is 25.0. The van der Waals surface area contributed by atoms with Crippen LogP contribution in [0.5, 0.6) is 0 Å². The lowest BCUT2D eigenvalue weighted by atomic mass is 9.70. The molecular formula is C37H38F2NO+. The second-order valence-corrected chi connectivity index (χ2v) is 12.3. The fraction of sp³-hybridized carbons (Fsp3) is 0.378. The highest BCUT2D eigenvalue weighted by molar-refractivity contribution is 6.13. The highest BCUT2D eigenvalue weighted by Gasteiger charge is 2.29. The summed E-state index contributed by atoms with van der Waals surface area (Å²) in [5.74, 6) is 0.367. The van der Waals surface area contributed by atoms with Crippen LogP contribution in [0.25, 0.3) is 44.3 Å². The van der Waals surface area contributed by atoms with Crippen molar-refractivity contribution in [3.8, 4) is 22.4 Å². The van der Waals surface area contributed by atoms with Gasteiger partial charge in [0.15, 0.2) is 6.20 Å². The quantitative estimate of drug-likeness (QED) is 0.203. The van der Waals surface area contributed by atoms with Gasteiger partial charge in [0.2, 0.25) is 5.69 Å². The molecule has 2 aromatic heterocycles. The number of pyridine rings is 1. The van der Waals surface area contributed by atoms with E-state index in [9.17, 15) is 5.76 Å². The number of benzene rings is 3. The molecule has 4 heteroatoms. The molecule has 0 radical (unpaired) electrons. The molecule has 0 amide bonds. The van der Waals surface area contributed by atoms with E-state index >= 15 is 4.39 Å². The molecule has 0 bridgehead atoms. The Kier molecular flexibility index (Phi) is 6.58. The van der Waals surface area contributed by atoms with Crippen LogP contribution < -0.4 is 4.57 Å². The van der Waals surface area contributed by atoms with Crippen molar-refractivity contribution in [2.45, 2.75) is 70.6 Å². The number of fused-ring (bicyclic) bond motifs is 3. The number of furan rings is 1. The molecule has 2 aliphatic rings. The number of halogens is 2. The molecule has 2 heterocycles. The molecule has 2 aliphatic carbocycles. The van der Waals surface area contributed by atoms with Crippen LogP contribution in [-0.2, 0) is 7.05 Å². The Morgan fingerprint density at radius 3 is 2.15 bits per heavy atom. The minimum absolute atomic E-state index is 0.322. The second-order valence-electron chi connectivity index (χ2n) is 12.3. The number of rotatable bonds is 4. The molecule has 0 spiro atoms. The number of aromatic nitrogens is 1. The monoisotopic (exact) mass is 551 g/mol. The van der Waals surface area contributed by atoms with Crippen molar-refractivity contribution in [2.24, 2.45) is 18.9 Å². The zero-order valence-corrected chi connectivity index (χ0v) is 24.0. The van der Waals surface area contributed by atoms with Crippen LogP contribution in [0.15, 0.2) is 71.3 Å². The van der Waals surface area contributed by atoms with Crippen LogP contribution in [-0.4, -0.2) is 0 Å². The molecule has 7 rings (SSSR count). The summed E-state index contributed by atoms with van der Waals surface area (Å²) in [4.78, 5) is 0. The van der Waals surface area contributed by atoms with Crippen molar-refractivity contribution in [2.75, 3.05) is 0 Å². The van der Waals surface area contributed by atoms with E-state index in [0.717, 1.165) is 70.5 Å². The molecule has 3 aromatic carbocycles. The number of nitrogens with zero attached hydrogens (tertiary/aromatic N) is 1. The largest absolute Gasteiger partial charge is 0.454 e. The molecule has 5 aromatic rings. The van der Waals surface area contributed by atoms with E-state index in [1.54, 1.807) is 12.3 Å². The summed E-state index contributed by atoms with van der Waals surface area (Å²) in [7, 11) is 1.88. The van der Waals surface area contributed by atoms with Crippen molar-refractivity contribution in [1.29, 1.82) is 0 Å².